The van der Waals surface area contributed by atoms with E-state index in [1.54, 1.807) is 24.5 Å². The summed E-state index contributed by atoms with van der Waals surface area (Å²) in [5.74, 6) is 0.189. The maximum absolute atomic E-state index is 13.1. The van der Waals surface area contributed by atoms with Gasteiger partial charge in [0.25, 0.3) is 0 Å². The number of ether oxygens (including phenoxy) is 1. The molecule has 1 unspecified atom stereocenters. The summed E-state index contributed by atoms with van der Waals surface area (Å²) < 4.78 is 32.5. The number of anilines is 1. The molecule has 30 heavy (non-hydrogen) atoms. The van der Waals surface area contributed by atoms with Gasteiger partial charge in [-0.3, -0.25) is 9.78 Å². The lowest BCUT2D eigenvalue weighted by molar-refractivity contribution is -0.119. The summed E-state index contributed by atoms with van der Waals surface area (Å²) in [6.07, 6.45) is 4.45. The summed E-state index contributed by atoms with van der Waals surface area (Å²) in [6.45, 7) is 0.297. The Bertz CT molecular complexity index is 1130. The number of hydrogen-bond acceptors (Lipinski definition) is 7. The molecule has 8 nitrogen and oxygen atoms in total. The van der Waals surface area contributed by atoms with Crippen molar-refractivity contribution in [2.75, 3.05) is 19.0 Å². The van der Waals surface area contributed by atoms with Gasteiger partial charge in [0.2, 0.25) is 15.9 Å². The number of carbonyl (C=O) groups is 1. The molecule has 1 amide bonds. The Labute approximate surface area is 178 Å². The Hall–Kier alpha value is -2.82. The van der Waals surface area contributed by atoms with Gasteiger partial charge in [-0.05, 0) is 49.2 Å². The van der Waals surface area contributed by atoms with Crippen molar-refractivity contribution in [1.29, 1.82) is 0 Å². The Balaban J connectivity index is 1.50. The van der Waals surface area contributed by atoms with E-state index in [0.29, 0.717) is 36.0 Å². The van der Waals surface area contributed by atoms with Crippen molar-refractivity contribution in [1.82, 2.24) is 14.3 Å². The molecular weight excluding hydrogens is 424 g/mol. The van der Waals surface area contributed by atoms with Crippen LogP contribution in [0.1, 0.15) is 12.8 Å². The van der Waals surface area contributed by atoms with Crippen LogP contribution in [0.3, 0.4) is 0 Å². The molecule has 1 N–H and O–H groups in total. The number of nitrogens with one attached hydrogen (secondary N) is 1. The molecule has 3 heterocycles. The van der Waals surface area contributed by atoms with E-state index in [-0.39, 0.29) is 10.8 Å². The molecular formula is C20H20N4O4S2. The summed E-state index contributed by atoms with van der Waals surface area (Å²) in [5, 5.41) is 5.02. The highest BCUT2D eigenvalue weighted by molar-refractivity contribution is 7.89. The van der Waals surface area contributed by atoms with E-state index in [4.69, 9.17) is 4.74 Å². The number of methoxy groups -OCH3 is 1. The number of rotatable bonds is 6. The molecule has 1 aromatic carbocycles. The first-order valence-corrected chi connectivity index (χ1v) is 11.6. The van der Waals surface area contributed by atoms with Gasteiger partial charge < -0.3 is 10.1 Å². The van der Waals surface area contributed by atoms with E-state index in [1.165, 1.54) is 34.9 Å². The van der Waals surface area contributed by atoms with Gasteiger partial charge in [-0.2, -0.15) is 4.31 Å². The first-order valence-electron chi connectivity index (χ1n) is 9.32. The lowest BCUT2D eigenvalue weighted by Gasteiger charge is -2.23. The predicted molar refractivity (Wildman–Crippen MR) is 114 cm³/mol. The maximum Gasteiger partial charge on any atom is 0.244 e. The van der Waals surface area contributed by atoms with Crippen LogP contribution in [0.5, 0.6) is 5.75 Å². The Morgan fingerprint density at radius 1 is 1.27 bits per heavy atom. The number of sulfonamides is 1. The van der Waals surface area contributed by atoms with Crippen LogP contribution in [-0.2, 0) is 14.8 Å². The van der Waals surface area contributed by atoms with E-state index >= 15 is 0 Å². The minimum Gasteiger partial charge on any atom is -0.497 e. The summed E-state index contributed by atoms with van der Waals surface area (Å²) >= 11 is 1.29. The Morgan fingerprint density at radius 3 is 2.77 bits per heavy atom. The fraction of sp³-hybridized carbons (Fsp3) is 0.250. The third kappa shape index (κ3) is 4.07. The molecule has 2 aromatic heterocycles. The fourth-order valence-corrected chi connectivity index (χ4v) is 5.72. The molecule has 1 saturated heterocycles. The zero-order chi connectivity index (χ0) is 21.1. The quantitative estimate of drug-likeness (QED) is 0.627. The largest absolute Gasteiger partial charge is 0.497 e. The van der Waals surface area contributed by atoms with Gasteiger partial charge in [0.15, 0.2) is 5.13 Å². The van der Waals surface area contributed by atoms with Gasteiger partial charge in [-0.25, -0.2) is 13.4 Å². The molecule has 3 aromatic rings. The van der Waals surface area contributed by atoms with Gasteiger partial charge in [0.1, 0.15) is 11.8 Å². The van der Waals surface area contributed by atoms with Crippen LogP contribution in [0.25, 0.3) is 11.3 Å². The lowest BCUT2D eigenvalue weighted by Crippen LogP contribution is -2.43. The number of thiazole rings is 1. The average Bonchev–Trinajstić information content (AvgIpc) is 3.45. The third-order valence-corrected chi connectivity index (χ3v) is 7.54. The van der Waals surface area contributed by atoms with Crippen LogP contribution in [0, 0.1) is 0 Å². The summed E-state index contributed by atoms with van der Waals surface area (Å²) in [4.78, 5) is 21.5. The van der Waals surface area contributed by atoms with E-state index < -0.39 is 16.1 Å². The predicted octanol–water partition coefficient (Wildman–Crippen LogP) is 3.01. The number of carbonyl (C=O) groups excluding carboxylic acids is 1. The molecule has 1 fully saturated rings. The SMILES string of the molecule is COc1ccc(S(=O)(=O)N2CCCC2C(=O)Nc2nc(-c3cccnc3)cs2)cc1. The highest BCUT2D eigenvalue weighted by atomic mass is 32.2. The van der Waals surface area contributed by atoms with Crippen molar-refractivity contribution in [3.05, 3.63) is 54.2 Å². The highest BCUT2D eigenvalue weighted by Gasteiger charge is 2.39. The minimum atomic E-state index is -3.80. The second-order valence-corrected chi connectivity index (χ2v) is 9.47. The van der Waals surface area contributed by atoms with Crippen LogP contribution in [0.2, 0.25) is 0 Å². The second-order valence-electron chi connectivity index (χ2n) is 6.72. The van der Waals surface area contributed by atoms with Crippen LogP contribution in [0.4, 0.5) is 5.13 Å². The number of aromatic nitrogens is 2. The molecule has 1 aliphatic heterocycles. The van der Waals surface area contributed by atoms with E-state index in [0.717, 1.165) is 5.56 Å². The van der Waals surface area contributed by atoms with E-state index in [2.05, 4.69) is 15.3 Å². The molecule has 1 atom stereocenters. The standard InChI is InChI=1S/C20H20N4O4S2/c1-28-15-6-8-16(9-7-15)30(26,27)24-11-3-5-18(24)19(25)23-20-22-17(13-29-20)14-4-2-10-21-12-14/h2,4,6-10,12-13,18H,3,5,11H2,1H3,(H,22,23,25). The molecule has 156 valence electrons. The molecule has 0 spiro atoms. The summed E-state index contributed by atoms with van der Waals surface area (Å²) in [5.41, 5.74) is 1.55. The fourth-order valence-electron chi connectivity index (χ4n) is 3.34. The summed E-state index contributed by atoms with van der Waals surface area (Å²) in [7, 11) is -2.28. The van der Waals surface area contributed by atoms with Gasteiger partial charge in [-0.1, -0.05) is 0 Å². The topological polar surface area (TPSA) is 101 Å². The summed E-state index contributed by atoms with van der Waals surface area (Å²) in [6, 6.07) is 9.08. The second kappa shape index (κ2) is 8.50. The van der Waals surface area contributed by atoms with Gasteiger partial charge in [0.05, 0.1) is 17.7 Å². The van der Waals surface area contributed by atoms with Crippen molar-refractivity contribution < 1.29 is 17.9 Å². The van der Waals surface area contributed by atoms with Gasteiger partial charge >= 0.3 is 0 Å². The van der Waals surface area contributed by atoms with Gasteiger partial charge in [-0.15, -0.1) is 11.3 Å². The van der Waals surface area contributed by atoms with Crippen molar-refractivity contribution in [3.8, 4) is 17.0 Å². The molecule has 1 aliphatic rings. The first-order chi connectivity index (χ1) is 14.5. The smallest absolute Gasteiger partial charge is 0.244 e. The maximum atomic E-state index is 13.1. The van der Waals surface area contributed by atoms with Crippen LogP contribution in [0.15, 0.2) is 59.1 Å². The van der Waals surface area contributed by atoms with Crippen LogP contribution >= 0.6 is 11.3 Å². The number of benzene rings is 1. The minimum absolute atomic E-state index is 0.135. The van der Waals surface area contributed by atoms with E-state index in [1.807, 2.05) is 17.5 Å². The lowest BCUT2D eigenvalue weighted by atomic mass is 10.2. The number of hydrogen-bond donors (Lipinski definition) is 1. The monoisotopic (exact) mass is 444 g/mol. The van der Waals surface area contributed by atoms with Gasteiger partial charge in [0, 0.05) is 29.9 Å². The molecule has 0 bridgehead atoms. The third-order valence-electron chi connectivity index (χ3n) is 4.86. The van der Waals surface area contributed by atoms with Crippen LogP contribution < -0.4 is 10.1 Å². The average molecular weight is 445 g/mol. The van der Waals surface area contributed by atoms with Crippen molar-refractivity contribution >= 4 is 32.4 Å². The molecule has 10 heteroatoms. The zero-order valence-electron chi connectivity index (χ0n) is 16.2. The Morgan fingerprint density at radius 2 is 2.07 bits per heavy atom. The normalized spacial score (nSPS) is 17.0. The molecule has 4 rings (SSSR count). The van der Waals surface area contributed by atoms with Crippen molar-refractivity contribution in [2.45, 2.75) is 23.8 Å². The van der Waals surface area contributed by atoms with E-state index in [9.17, 15) is 13.2 Å². The molecule has 0 radical (unpaired) electrons. The number of amides is 1. The first kappa shape index (κ1) is 20.5. The Kier molecular flexibility index (Phi) is 5.80. The highest BCUT2D eigenvalue weighted by Crippen LogP contribution is 2.29. The number of nitrogens with zero attached hydrogens (tertiary/aromatic N) is 3. The van der Waals surface area contributed by atoms with Crippen LogP contribution in [-0.4, -0.2) is 48.3 Å². The number of pyridine rings is 1. The molecule has 0 saturated carbocycles. The zero-order valence-corrected chi connectivity index (χ0v) is 17.8. The molecule has 0 aliphatic carbocycles. The van der Waals surface area contributed by atoms with Crippen molar-refractivity contribution in [3.63, 3.8) is 0 Å². The van der Waals surface area contributed by atoms with Crippen molar-refractivity contribution in [2.24, 2.45) is 0 Å².